The molecular formula is C19H15BrN2O5S. The van der Waals surface area contributed by atoms with Crippen LogP contribution in [-0.2, 0) is 11.3 Å². The number of aryl methyl sites for hydroxylation is 1. The van der Waals surface area contributed by atoms with Crippen molar-refractivity contribution in [2.75, 3.05) is 7.11 Å². The molecule has 7 nitrogen and oxygen atoms in total. The molecular weight excluding hydrogens is 448 g/mol. The number of aromatic nitrogens is 1. The quantitative estimate of drug-likeness (QED) is 0.285. The van der Waals surface area contributed by atoms with Crippen LogP contribution in [0.25, 0.3) is 10.6 Å². The minimum Gasteiger partial charge on any atom is -0.496 e. The van der Waals surface area contributed by atoms with E-state index in [4.69, 9.17) is 9.47 Å². The number of nitro groups is 1. The zero-order chi connectivity index (χ0) is 20.3. The van der Waals surface area contributed by atoms with Crippen LogP contribution in [0.4, 0.5) is 5.69 Å². The summed E-state index contributed by atoms with van der Waals surface area (Å²) in [6.07, 6.45) is 0. The molecule has 9 heteroatoms. The van der Waals surface area contributed by atoms with E-state index in [-0.39, 0.29) is 17.9 Å². The molecule has 0 bridgehead atoms. The molecule has 0 spiro atoms. The van der Waals surface area contributed by atoms with Gasteiger partial charge in [0.15, 0.2) is 0 Å². The Labute approximate surface area is 173 Å². The van der Waals surface area contributed by atoms with E-state index < -0.39 is 10.9 Å². The van der Waals surface area contributed by atoms with E-state index in [0.717, 1.165) is 10.0 Å². The third kappa shape index (κ3) is 4.20. The number of hydrogen-bond acceptors (Lipinski definition) is 7. The molecule has 0 amide bonds. The fourth-order valence-electron chi connectivity index (χ4n) is 2.63. The van der Waals surface area contributed by atoms with Gasteiger partial charge in [0.2, 0.25) is 0 Å². The van der Waals surface area contributed by atoms with Crippen molar-refractivity contribution in [3.63, 3.8) is 0 Å². The molecule has 1 aromatic heterocycles. The zero-order valence-electron chi connectivity index (χ0n) is 15.0. The lowest BCUT2D eigenvalue weighted by Crippen LogP contribution is -2.10. The standard InChI is InChI=1S/C19H15BrN2O5S/c1-11-4-3-5-15(22(24)25)17(11)19(23)27-9-13-10-28-18(21-13)14-8-12(20)6-7-16(14)26-2/h3-8,10H,9H2,1-2H3. The molecule has 0 N–H and O–H groups in total. The van der Waals surface area contributed by atoms with Gasteiger partial charge in [-0.05, 0) is 30.7 Å². The zero-order valence-corrected chi connectivity index (χ0v) is 17.4. The molecule has 1 heterocycles. The van der Waals surface area contributed by atoms with Gasteiger partial charge in [0, 0.05) is 15.9 Å². The van der Waals surface area contributed by atoms with Crippen molar-refractivity contribution in [1.82, 2.24) is 4.98 Å². The molecule has 0 fully saturated rings. The second-order valence-electron chi connectivity index (χ2n) is 5.79. The lowest BCUT2D eigenvalue weighted by atomic mass is 10.1. The Morgan fingerprint density at radius 3 is 2.82 bits per heavy atom. The van der Waals surface area contributed by atoms with Gasteiger partial charge in [-0.1, -0.05) is 28.1 Å². The molecule has 0 unspecified atom stereocenters. The SMILES string of the molecule is COc1ccc(Br)cc1-c1nc(COC(=O)c2c(C)cccc2[N+](=O)[O-])cs1. The van der Waals surface area contributed by atoms with Crippen molar-refractivity contribution in [3.8, 4) is 16.3 Å². The fraction of sp³-hybridized carbons (Fsp3) is 0.158. The largest absolute Gasteiger partial charge is 0.496 e. The Balaban J connectivity index is 1.78. The maximum atomic E-state index is 12.4. The van der Waals surface area contributed by atoms with Crippen molar-refractivity contribution >= 4 is 38.9 Å². The van der Waals surface area contributed by atoms with Crippen LogP contribution in [0, 0.1) is 17.0 Å². The van der Waals surface area contributed by atoms with E-state index in [1.807, 2.05) is 18.2 Å². The van der Waals surface area contributed by atoms with Gasteiger partial charge < -0.3 is 9.47 Å². The first-order valence-corrected chi connectivity index (χ1v) is 9.77. The Hall–Kier alpha value is -2.78. The number of carbonyl (C=O) groups is 1. The number of ether oxygens (including phenoxy) is 2. The minimum atomic E-state index is -0.751. The minimum absolute atomic E-state index is 0.0448. The van der Waals surface area contributed by atoms with E-state index in [1.165, 1.54) is 23.5 Å². The van der Waals surface area contributed by atoms with E-state index in [0.29, 0.717) is 22.0 Å². The number of benzene rings is 2. The average Bonchev–Trinajstić information content (AvgIpc) is 3.14. The molecule has 28 heavy (non-hydrogen) atoms. The summed E-state index contributed by atoms with van der Waals surface area (Å²) < 4.78 is 11.5. The van der Waals surface area contributed by atoms with Crippen molar-refractivity contribution in [3.05, 3.63) is 73.2 Å². The highest BCUT2D eigenvalue weighted by molar-refractivity contribution is 9.10. The van der Waals surface area contributed by atoms with E-state index >= 15 is 0 Å². The molecule has 3 aromatic rings. The predicted molar refractivity (Wildman–Crippen MR) is 109 cm³/mol. The Morgan fingerprint density at radius 2 is 2.11 bits per heavy atom. The maximum Gasteiger partial charge on any atom is 0.345 e. The molecule has 0 aliphatic rings. The van der Waals surface area contributed by atoms with Crippen LogP contribution < -0.4 is 4.74 Å². The lowest BCUT2D eigenvalue weighted by molar-refractivity contribution is -0.385. The number of carbonyl (C=O) groups excluding carboxylic acids is 1. The van der Waals surface area contributed by atoms with Crippen molar-refractivity contribution < 1.29 is 19.2 Å². The third-order valence-corrected chi connectivity index (χ3v) is 5.36. The van der Waals surface area contributed by atoms with Gasteiger partial charge in [-0.25, -0.2) is 9.78 Å². The molecule has 0 aliphatic heterocycles. The van der Waals surface area contributed by atoms with Crippen LogP contribution in [0.1, 0.15) is 21.6 Å². The highest BCUT2D eigenvalue weighted by Crippen LogP contribution is 2.34. The summed E-state index contributed by atoms with van der Waals surface area (Å²) in [4.78, 5) is 27.5. The Morgan fingerprint density at radius 1 is 1.32 bits per heavy atom. The third-order valence-electron chi connectivity index (χ3n) is 3.95. The van der Waals surface area contributed by atoms with E-state index in [2.05, 4.69) is 20.9 Å². The summed E-state index contributed by atoms with van der Waals surface area (Å²) in [5, 5.41) is 13.7. The van der Waals surface area contributed by atoms with Crippen molar-refractivity contribution in [2.45, 2.75) is 13.5 Å². The van der Waals surface area contributed by atoms with E-state index in [9.17, 15) is 14.9 Å². The van der Waals surface area contributed by atoms with Crippen molar-refractivity contribution in [2.24, 2.45) is 0 Å². The first kappa shape index (κ1) is 20.0. The van der Waals surface area contributed by atoms with Crippen LogP contribution >= 0.6 is 27.3 Å². The number of halogens is 1. The number of esters is 1. The number of thiazole rings is 1. The first-order chi connectivity index (χ1) is 13.4. The number of nitrogens with zero attached hydrogens (tertiary/aromatic N) is 2. The number of rotatable bonds is 6. The normalized spacial score (nSPS) is 10.5. The molecule has 0 atom stereocenters. The molecule has 0 saturated heterocycles. The summed E-state index contributed by atoms with van der Waals surface area (Å²) in [5.74, 6) is -0.0731. The number of nitro benzene ring substituents is 1. The van der Waals surface area contributed by atoms with Crippen LogP contribution in [0.3, 0.4) is 0 Å². The summed E-state index contributed by atoms with van der Waals surface area (Å²) in [6, 6.07) is 10.0. The summed E-state index contributed by atoms with van der Waals surface area (Å²) >= 11 is 4.82. The van der Waals surface area contributed by atoms with Gasteiger partial charge in [-0.3, -0.25) is 10.1 Å². The molecule has 144 valence electrons. The Bertz CT molecular complexity index is 1050. The predicted octanol–water partition coefficient (Wildman–Crippen LogP) is 5.15. The number of hydrogen-bond donors (Lipinski definition) is 0. The van der Waals surface area contributed by atoms with Gasteiger partial charge >= 0.3 is 5.97 Å². The van der Waals surface area contributed by atoms with Gasteiger partial charge in [0.1, 0.15) is 22.9 Å². The van der Waals surface area contributed by atoms with Gasteiger partial charge in [-0.15, -0.1) is 11.3 Å². The monoisotopic (exact) mass is 462 g/mol. The van der Waals surface area contributed by atoms with Gasteiger partial charge in [0.05, 0.1) is 23.3 Å². The summed E-state index contributed by atoms with van der Waals surface area (Å²) in [7, 11) is 1.58. The van der Waals surface area contributed by atoms with Crippen LogP contribution in [0.15, 0.2) is 46.3 Å². The van der Waals surface area contributed by atoms with Crippen LogP contribution in [-0.4, -0.2) is 23.0 Å². The Kier molecular flexibility index (Phi) is 6.05. The highest BCUT2D eigenvalue weighted by atomic mass is 79.9. The highest BCUT2D eigenvalue weighted by Gasteiger charge is 2.24. The maximum absolute atomic E-state index is 12.4. The second kappa shape index (κ2) is 8.49. The van der Waals surface area contributed by atoms with Crippen LogP contribution in [0.2, 0.25) is 0 Å². The van der Waals surface area contributed by atoms with Gasteiger partial charge in [-0.2, -0.15) is 0 Å². The second-order valence-corrected chi connectivity index (χ2v) is 7.56. The molecule has 2 aromatic carbocycles. The van der Waals surface area contributed by atoms with Crippen LogP contribution in [0.5, 0.6) is 5.75 Å². The summed E-state index contributed by atoms with van der Waals surface area (Å²) in [6.45, 7) is 1.54. The van der Waals surface area contributed by atoms with Crippen molar-refractivity contribution in [1.29, 1.82) is 0 Å². The molecule has 0 saturated carbocycles. The smallest absolute Gasteiger partial charge is 0.345 e. The number of methoxy groups -OCH3 is 1. The first-order valence-electron chi connectivity index (χ1n) is 8.10. The topological polar surface area (TPSA) is 91.6 Å². The fourth-order valence-corrected chi connectivity index (χ4v) is 3.81. The lowest BCUT2D eigenvalue weighted by Gasteiger charge is -2.07. The molecule has 0 radical (unpaired) electrons. The average molecular weight is 463 g/mol. The summed E-state index contributed by atoms with van der Waals surface area (Å²) in [5.41, 5.74) is 1.53. The molecule has 0 aliphatic carbocycles. The van der Waals surface area contributed by atoms with Gasteiger partial charge in [0.25, 0.3) is 5.69 Å². The molecule has 3 rings (SSSR count). The van der Waals surface area contributed by atoms with E-state index in [1.54, 1.807) is 25.5 Å².